The van der Waals surface area contributed by atoms with Crippen LogP contribution in [0.2, 0.25) is 0 Å². The largest absolute Gasteiger partial charge is 0.476 e. The molecule has 4 heterocycles. The number of carbonyl (C=O) groups is 1. The summed E-state index contributed by atoms with van der Waals surface area (Å²) in [7, 11) is -3.15. The average Bonchev–Trinajstić information content (AvgIpc) is 3.31. The molecule has 0 aliphatic carbocycles. The Bertz CT molecular complexity index is 861. The number of likely N-dealkylation sites (tertiary alicyclic amines) is 1. The minimum absolute atomic E-state index is 0.117. The van der Waals surface area contributed by atoms with Crippen molar-refractivity contribution in [1.82, 2.24) is 19.2 Å². The van der Waals surface area contributed by atoms with Crippen molar-refractivity contribution in [3.05, 3.63) is 12.4 Å². The summed E-state index contributed by atoms with van der Waals surface area (Å²) in [5, 5.41) is 0. The molecule has 4 rings (SSSR count). The van der Waals surface area contributed by atoms with E-state index < -0.39 is 10.0 Å². The minimum atomic E-state index is -3.15. The van der Waals surface area contributed by atoms with Crippen LogP contribution in [-0.4, -0.2) is 105 Å². The highest BCUT2D eigenvalue weighted by Gasteiger charge is 2.28. The smallest absolute Gasteiger partial charge is 0.410 e. The average molecular weight is 470 g/mol. The number of rotatable bonds is 6. The van der Waals surface area contributed by atoms with E-state index in [0.717, 1.165) is 19.3 Å². The monoisotopic (exact) mass is 469 g/mol. The molecule has 0 bridgehead atoms. The van der Waals surface area contributed by atoms with Gasteiger partial charge in [0, 0.05) is 45.7 Å². The van der Waals surface area contributed by atoms with Gasteiger partial charge in [-0.05, 0) is 18.8 Å². The number of amides is 1. The molecule has 0 aromatic carbocycles. The molecule has 32 heavy (non-hydrogen) atoms. The van der Waals surface area contributed by atoms with Gasteiger partial charge in [-0.15, -0.1) is 0 Å². The van der Waals surface area contributed by atoms with E-state index in [2.05, 4.69) is 9.97 Å². The number of carbonyl (C=O) groups excluding carboxylic acids is 1. The molecule has 1 aromatic rings. The third-order valence-corrected chi connectivity index (χ3v) is 7.44. The molecule has 3 saturated heterocycles. The third kappa shape index (κ3) is 5.99. The number of aromatic nitrogens is 2. The summed E-state index contributed by atoms with van der Waals surface area (Å²) in [6.45, 7) is 5.04. The van der Waals surface area contributed by atoms with Crippen LogP contribution in [0.5, 0.6) is 5.88 Å². The van der Waals surface area contributed by atoms with Crippen LogP contribution in [-0.2, 0) is 19.5 Å². The fraction of sp³-hybridized carbons (Fsp3) is 0.750. The van der Waals surface area contributed by atoms with Crippen molar-refractivity contribution in [3.8, 4) is 5.88 Å². The molecule has 0 N–H and O–H groups in total. The van der Waals surface area contributed by atoms with E-state index in [1.807, 2.05) is 4.90 Å². The number of sulfonamides is 1. The van der Waals surface area contributed by atoms with Crippen molar-refractivity contribution in [3.63, 3.8) is 0 Å². The van der Waals surface area contributed by atoms with Gasteiger partial charge in [-0.3, -0.25) is 0 Å². The Labute approximate surface area is 188 Å². The molecule has 12 heteroatoms. The van der Waals surface area contributed by atoms with Gasteiger partial charge in [-0.25, -0.2) is 23.2 Å². The molecule has 0 spiro atoms. The Balaban J connectivity index is 1.17. The first-order valence-corrected chi connectivity index (χ1v) is 12.9. The molecular formula is C20H31N5O6S. The molecular weight excluding hydrogens is 438 g/mol. The van der Waals surface area contributed by atoms with Gasteiger partial charge in [-0.1, -0.05) is 0 Å². The fourth-order valence-corrected chi connectivity index (χ4v) is 4.93. The van der Waals surface area contributed by atoms with E-state index in [0.29, 0.717) is 76.7 Å². The quantitative estimate of drug-likeness (QED) is 0.590. The summed E-state index contributed by atoms with van der Waals surface area (Å²) in [6.07, 6.45) is 6.61. The van der Waals surface area contributed by atoms with Crippen LogP contribution in [0.15, 0.2) is 12.4 Å². The van der Waals surface area contributed by atoms with E-state index in [-0.39, 0.29) is 12.2 Å². The molecule has 11 nitrogen and oxygen atoms in total. The number of piperidine rings is 1. The first-order valence-electron chi connectivity index (χ1n) is 11.1. The van der Waals surface area contributed by atoms with Crippen molar-refractivity contribution < 1.29 is 27.4 Å². The van der Waals surface area contributed by atoms with Crippen LogP contribution < -0.4 is 9.64 Å². The van der Waals surface area contributed by atoms with Gasteiger partial charge >= 0.3 is 6.09 Å². The van der Waals surface area contributed by atoms with Gasteiger partial charge in [-0.2, -0.15) is 4.31 Å². The molecule has 0 saturated carbocycles. The van der Waals surface area contributed by atoms with Crippen LogP contribution in [0.1, 0.15) is 19.3 Å². The predicted molar refractivity (Wildman–Crippen MR) is 116 cm³/mol. The van der Waals surface area contributed by atoms with Gasteiger partial charge in [0.05, 0.1) is 38.5 Å². The zero-order chi connectivity index (χ0) is 22.6. The Morgan fingerprint density at radius 2 is 1.84 bits per heavy atom. The molecule has 1 amide bonds. The lowest BCUT2D eigenvalue weighted by Crippen LogP contribution is -2.48. The molecule has 3 fully saturated rings. The van der Waals surface area contributed by atoms with E-state index in [9.17, 15) is 13.2 Å². The first-order chi connectivity index (χ1) is 15.4. The third-order valence-electron chi connectivity index (χ3n) is 6.14. The van der Waals surface area contributed by atoms with Crippen LogP contribution in [0.4, 0.5) is 10.6 Å². The molecule has 1 atom stereocenters. The Hall–Kier alpha value is -2.18. The topological polar surface area (TPSA) is 114 Å². The normalized spacial score (nSPS) is 23.3. The van der Waals surface area contributed by atoms with Gasteiger partial charge in [0.1, 0.15) is 11.9 Å². The maximum Gasteiger partial charge on any atom is 0.410 e. The van der Waals surface area contributed by atoms with E-state index in [1.165, 1.54) is 10.6 Å². The number of anilines is 1. The van der Waals surface area contributed by atoms with Gasteiger partial charge < -0.3 is 24.0 Å². The van der Waals surface area contributed by atoms with E-state index in [1.54, 1.807) is 17.3 Å². The summed E-state index contributed by atoms with van der Waals surface area (Å²) >= 11 is 0. The van der Waals surface area contributed by atoms with Gasteiger partial charge in [0.2, 0.25) is 15.9 Å². The highest BCUT2D eigenvalue weighted by molar-refractivity contribution is 7.88. The number of piperazine rings is 1. The molecule has 3 aliphatic heterocycles. The van der Waals surface area contributed by atoms with Crippen molar-refractivity contribution in [2.45, 2.75) is 25.4 Å². The summed E-state index contributed by atoms with van der Waals surface area (Å²) in [5.41, 5.74) is 0. The van der Waals surface area contributed by atoms with Crippen molar-refractivity contribution >= 4 is 21.9 Å². The Morgan fingerprint density at radius 1 is 1.09 bits per heavy atom. The Kier molecular flexibility index (Phi) is 7.31. The van der Waals surface area contributed by atoms with Crippen LogP contribution in [0.25, 0.3) is 0 Å². The second-order valence-corrected chi connectivity index (χ2v) is 10.5. The first kappa shape index (κ1) is 23.0. The predicted octanol–water partition coefficient (Wildman–Crippen LogP) is 0.575. The van der Waals surface area contributed by atoms with Crippen molar-refractivity contribution in [1.29, 1.82) is 0 Å². The molecule has 0 unspecified atom stereocenters. The zero-order valence-corrected chi connectivity index (χ0v) is 19.2. The lowest BCUT2D eigenvalue weighted by molar-refractivity contribution is 0.0432. The molecule has 178 valence electrons. The minimum Gasteiger partial charge on any atom is -0.476 e. The molecule has 0 radical (unpaired) electrons. The van der Waals surface area contributed by atoms with Gasteiger partial charge in [0.25, 0.3) is 0 Å². The highest BCUT2D eigenvalue weighted by Crippen LogP contribution is 2.21. The highest BCUT2D eigenvalue weighted by atomic mass is 32.2. The van der Waals surface area contributed by atoms with Crippen LogP contribution in [0, 0.1) is 5.92 Å². The summed E-state index contributed by atoms with van der Waals surface area (Å²) in [4.78, 5) is 24.8. The van der Waals surface area contributed by atoms with Crippen molar-refractivity contribution in [2.24, 2.45) is 5.92 Å². The maximum absolute atomic E-state index is 12.2. The zero-order valence-electron chi connectivity index (χ0n) is 18.4. The second-order valence-electron chi connectivity index (χ2n) is 8.47. The lowest BCUT2D eigenvalue weighted by atomic mass is 9.98. The summed E-state index contributed by atoms with van der Waals surface area (Å²) in [5.74, 6) is 1.52. The number of ether oxygens (including phenoxy) is 3. The number of hydrogen-bond donors (Lipinski definition) is 0. The summed E-state index contributed by atoms with van der Waals surface area (Å²) in [6, 6.07) is 0. The lowest BCUT2D eigenvalue weighted by Gasteiger charge is -2.33. The fourth-order valence-electron chi connectivity index (χ4n) is 4.10. The summed E-state index contributed by atoms with van der Waals surface area (Å²) < 4.78 is 41.3. The Morgan fingerprint density at radius 3 is 2.44 bits per heavy atom. The second kappa shape index (κ2) is 10.2. The molecule has 3 aliphatic rings. The SMILES string of the molecule is CS(=O)(=O)N1CCN(c2cnc(OCC3CCN(C(=O)O[C@H]4CCOC4)CC3)cn2)CC1. The van der Waals surface area contributed by atoms with Crippen LogP contribution in [0.3, 0.4) is 0 Å². The maximum atomic E-state index is 12.2. The van der Waals surface area contributed by atoms with E-state index in [4.69, 9.17) is 14.2 Å². The standard InChI is InChI=1S/C20H31N5O6S/c1-32(27,28)25-9-7-23(8-10-25)18-12-22-19(13-21-18)30-14-16-2-5-24(6-3-16)20(26)31-17-4-11-29-15-17/h12-13,16-17H,2-11,14-15H2,1H3/t17-/m0/s1. The number of nitrogens with zero attached hydrogens (tertiary/aromatic N) is 5. The van der Waals surface area contributed by atoms with E-state index >= 15 is 0 Å². The molecule has 1 aromatic heterocycles. The van der Waals surface area contributed by atoms with Crippen LogP contribution >= 0.6 is 0 Å². The van der Waals surface area contributed by atoms with Crippen molar-refractivity contribution in [2.75, 3.05) is 70.2 Å². The van der Waals surface area contributed by atoms with Gasteiger partial charge in [0.15, 0.2) is 0 Å². The number of hydrogen-bond acceptors (Lipinski definition) is 9.